The molecule has 0 fully saturated rings. The van der Waals surface area contributed by atoms with Gasteiger partial charge in [-0.05, 0) is 67.0 Å². The normalized spacial score (nSPS) is 17.1. The third kappa shape index (κ3) is 5.86. The van der Waals surface area contributed by atoms with Gasteiger partial charge in [-0.1, -0.05) is 11.6 Å². The highest BCUT2D eigenvalue weighted by molar-refractivity contribution is 9.12. The van der Waals surface area contributed by atoms with Gasteiger partial charge in [-0.2, -0.15) is 0 Å². The number of allylic oxidation sites excluding steroid dienone is 3. The van der Waals surface area contributed by atoms with E-state index in [0.717, 1.165) is 12.1 Å². The van der Waals surface area contributed by atoms with Crippen molar-refractivity contribution in [3.8, 4) is 5.75 Å². The zero-order valence-corrected chi connectivity index (χ0v) is 20.0. The van der Waals surface area contributed by atoms with Crippen molar-refractivity contribution in [1.29, 1.82) is 0 Å². The number of hydrogen-bond acceptors (Lipinski definition) is 4. The van der Waals surface area contributed by atoms with E-state index in [1.807, 2.05) is 13.8 Å². The Morgan fingerprint density at radius 2 is 1.79 bits per heavy atom. The molecule has 0 saturated heterocycles. The minimum absolute atomic E-state index is 0.0150. The predicted molar refractivity (Wildman–Crippen MR) is 122 cm³/mol. The summed E-state index contributed by atoms with van der Waals surface area (Å²) in [5.41, 5.74) is 0.696. The first-order chi connectivity index (χ1) is 15.7. The molecule has 2 unspecified atom stereocenters. The zero-order chi connectivity index (χ0) is 24.1. The van der Waals surface area contributed by atoms with Crippen LogP contribution in [0.3, 0.4) is 0 Å². The highest BCUT2D eigenvalue weighted by Gasteiger charge is 2.34. The Hall–Kier alpha value is -2.58. The number of halogens is 4. The second-order valence-electron chi connectivity index (χ2n) is 7.62. The molecule has 1 aliphatic carbocycles. The molecule has 0 bridgehead atoms. The van der Waals surface area contributed by atoms with E-state index in [-0.39, 0.29) is 35.1 Å². The lowest BCUT2D eigenvalue weighted by Gasteiger charge is -2.24. The van der Waals surface area contributed by atoms with Gasteiger partial charge in [0.2, 0.25) is 0 Å². The molecule has 4 nitrogen and oxygen atoms in total. The molecule has 0 saturated carbocycles. The number of hydrogen-bond donors (Lipinski definition) is 0. The van der Waals surface area contributed by atoms with Gasteiger partial charge < -0.3 is 14.2 Å². The average Bonchev–Trinajstić information content (AvgIpc) is 2.77. The molecule has 0 aromatic heterocycles. The van der Waals surface area contributed by atoms with E-state index in [2.05, 4.69) is 15.9 Å². The van der Waals surface area contributed by atoms with Crippen LogP contribution in [0, 0.1) is 17.5 Å². The first-order valence-corrected chi connectivity index (χ1v) is 11.2. The van der Waals surface area contributed by atoms with Crippen LogP contribution in [0.15, 0.2) is 58.3 Å². The summed E-state index contributed by atoms with van der Waals surface area (Å²) >= 11 is 3.21. The summed E-state index contributed by atoms with van der Waals surface area (Å²) in [6.45, 7) is 6.07. The quantitative estimate of drug-likeness (QED) is 0.383. The van der Waals surface area contributed by atoms with Crippen LogP contribution in [0.1, 0.15) is 37.8 Å². The summed E-state index contributed by atoms with van der Waals surface area (Å²) in [7, 11) is 0. The van der Waals surface area contributed by atoms with Crippen LogP contribution in [0.2, 0.25) is 0 Å². The van der Waals surface area contributed by atoms with Crippen LogP contribution in [-0.4, -0.2) is 25.1 Å². The van der Waals surface area contributed by atoms with Gasteiger partial charge in [-0.3, -0.25) is 4.79 Å². The molecule has 8 heteroatoms. The molecular formula is C25H24BrF3O4. The van der Waals surface area contributed by atoms with Crippen molar-refractivity contribution in [1.82, 2.24) is 0 Å². The Labute approximate surface area is 199 Å². The molecule has 33 heavy (non-hydrogen) atoms. The van der Waals surface area contributed by atoms with Gasteiger partial charge in [0.1, 0.15) is 46.7 Å². The molecule has 0 radical (unpaired) electrons. The first-order valence-electron chi connectivity index (χ1n) is 10.4. The van der Waals surface area contributed by atoms with Crippen molar-refractivity contribution in [2.24, 2.45) is 0 Å². The molecule has 2 aromatic carbocycles. The highest BCUT2D eigenvalue weighted by Crippen LogP contribution is 2.39. The predicted octanol–water partition coefficient (Wildman–Crippen LogP) is 6.34. The van der Waals surface area contributed by atoms with E-state index < -0.39 is 29.2 Å². The Balaban J connectivity index is 1.79. The maximum atomic E-state index is 14.3. The molecule has 1 aliphatic rings. The minimum atomic E-state index is -1.10. The molecule has 2 atom stereocenters. The molecule has 0 N–H and O–H groups in total. The van der Waals surface area contributed by atoms with Crippen molar-refractivity contribution in [3.05, 3.63) is 86.9 Å². The van der Waals surface area contributed by atoms with Gasteiger partial charge >= 0.3 is 0 Å². The molecule has 0 heterocycles. The van der Waals surface area contributed by atoms with Crippen molar-refractivity contribution in [2.75, 3.05) is 13.2 Å². The van der Waals surface area contributed by atoms with Gasteiger partial charge in [0.15, 0.2) is 5.78 Å². The molecule has 3 rings (SSSR count). The van der Waals surface area contributed by atoms with Crippen molar-refractivity contribution in [2.45, 2.75) is 39.4 Å². The van der Waals surface area contributed by atoms with Gasteiger partial charge in [0, 0.05) is 23.8 Å². The molecule has 0 aliphatic heterocycles. The fraction of sp³-hybridized carbons (Fsp3) is 0.320. The topological polar surface area (TPSA) is 44.8 Å². The van der Waals surface area contributed by atoms with Gasteiger partial charge in [0.25, 0.3) is 0 Å². The third-order valence-corrected chi connectivity index (χ3v) is 5.92. The van der Waals surface area contributed by atoms with E-state index in [4.69, 9.17) is 14.2 Å². The molecule has 0 spiro atoms. The van der Waals surface area contributed by atoms with Crippen LogP contribution in [0.4, 0.5) is 13.2 Å². The van der Waals surface area contributed by atoms with Crippen molar-refractivity contribution in [3.63, 3.8) is 0 Å². The average molecular weight is 525 g/mol. The summed E-state index contributed by atoms with van der Waals surface area (Å²) in [4.78, 5) is 13.0. The number of carbonyl (C=O) groups is 1. The van der Waals surface area contributed by atoms with Crippen molar-refractivity contribution >= 4 is 21.7 Å². The fourth-order valence-corrected chi connectivity index (χ4v) is 3.99. The summed E-state index contributed by atoms with van der Waals surface area (Å²) in [6, 6.07) is 7.55. The minimum Gasteiger partial charge on any atom is -0.490 e. The second kappa shape index (κ2) is 11.0. The van der Waals surface area contributed by atoms with Gasteiger partial charge in [0.05, 0.1) is 12.0 Å². The fourth-order valence-electron chi connectivity index (χ4n) is 3.54. The SMILES string of the molecule is CCOC(C)COc1cc(F)ccc1COC1=C(Br)C(=O)C(c2c(F)cccc2F)C(C)=C1. The number of Topliss-reactive ketones (excluding diaryl/α,β-unsaturated/α-hetero) is 1. The maximum Gasteiger partial charge on any atom is 0.185 e. The second-order valence-corrected chi connectivity index (χ2v) is 8.41. The summed E-state index contributed by atoms with van der Waals surface area (Å²) in [5.74, 6) is -3.15. The molecule has 176 valence electrons. The number of benzene rings is 2. The standard InChI is InChI=1S/C25H24BrF3O4/c1-4-31-15(3)12-32-20-11-17(27)9-8-16(20)13-33-21-10-14(2)22(25(30)24(21)26)23-18(28)6-5-7-19(23)29/h5-11,15,22H,4,12-13H2,1-3H3. The van der Waals surface area contributed by atoms with E-state index in [1.54, 1.807) is 13.0 Å². The summed E-state index contributed by atoms with van der Waals surface area (Å²) in [5, 5.41) is 0. The van der Waals surface area contributed by atoms with Crippen LogP contribution in [0.5, 0.6) is 5.75 Å². The van der Waals surface area contributed by atoms with Gasteiger partial charge in [-0.15, -0.1) is 0 Å². The Morgan fingerprint density at radius 3 is 2.45 bits per heavy atom. The molecular weight excluding hydrogens is 501 g/mol. The number of ether oxygens (including phenoxy) is 3. The Morgan fingerprint density at radius 1 is 1.09 bits per heavy atom. The van der Waals surface area contributed by atoms with Crippen LogP contribution in [-0.2, 0) is 20.9 Å². The molecule has 0 amide bonds. The van der Waals surface area contributed by atoms with E-state index in [9.17, 15) is 18.0 Å². The highest BCUT2D eigenvalue weighted by atomic mass is 79.9. The van der Waals surface area contributed by atoms with E-state index in [0.29, 0.717) is 23.5 Å². The Kier molecular flexibility index (Phi) is 8.37. The lowest BCUT2D eigenvalue weighted by atomic mass is 9.84. The zero-order valence-electron chi connectivity index (χ0n) is 18.5. The molecule has 2 aromatic rings. The van der Waals surface area contributed by atoms with E-state index >= 15 is 0 Å². The smallest absolute Gasteiger partial charge is 0.185 e. The lowest BCUT2D eigenvalue weighted by molar-refractivity contribution is -0.115. The van der Waals surface area contributed by atoms with Crippen LogP contribution < -0.4 is 4.74 Å². The monoisotopic (exact) mass is 524 g/mol. The van der Waals surface area contributed by atoms with Crippen LogP contribution >= 0.6 is 15.9 Å². The number of rotatable bonds is 9. The maximum absolute atomic E-state index is 14.3. The third-order valence-electron chi connectivity index (χ3n) is 5.13. The summed E-state index contributed by atoms with van der Waals surface area (Å²) < 4.78 is 59.4. The van der Waals surface area contributed by atoms with E-state index in [1.165, 1.54) is 24.3 Å². The largest absolute Gasteiger partial charge is 0.490 e. The van der Waals surface area contributed by atoms with Crippen LogP contribution in [0.25, 0.3) is 0 Å². The van der Waals surface area contributed by atoms with Crippen molar-refractivity contribution < 1.29 is 32.2 Å². The summed E-state index contributed by atoms with van der Waals surface area (Å²) in [6.07, 6.45) is 1.38. The number of carbonyl (C=O) groups excluding carboxylic acids is 1. The Bertz CT molecular complexity index is 1070. The number of ketones is 1. The lowest BCUT2D eigenvalue weighted by Crippen LogP contribution is -2.22. The van der Waals surface area contributed by atoms with Gasteiger partial charge in [-0.25, -0.2) is 13.2 Å². The first kappa shape index (κ1) is 25.1.